The van der Waals surface area contributed by atoms with Gasteiger partial charge in [0.25, 0.3) is 5.91 Å². The van der Waals surface area contributed by atoms with Gasteiger partial charge in [0.05, 0.1) is 18.7 Å². The van der Waals surface area contributed by atoms with Crippen LogP contribution in [-0.4, -0.2) is 31.1 Å². The molecule has 0 saturated heterocycles. The molecule has 4 rings (SSSR count). The summed E-state index contributed by atoms with van der Waals surface area (Å²) in [4.78, 5) is 27.3. The fourth-order valence-corrected chi connectivity index (χ4v) is 4.06. The predicted molar refractivity (Wildman–Crippen MR) is 134 cm³/mol. The van der Waals surface area contributed by atoms with Crippen LogP contribution < -0.4 is 19.7 Å². The lowest BCUT2D eigenvalue weighted by atomic mass is 10.1. The van der Waals surface area contributed by atoms with Crippen LogP contribution in [0, 0.1) is 0 Å². The van der Waals surface area contributed by atoms with Crippen molar-refractivity contribution in [3.05, 3.63) is 83.9 Å². The van der Waals surface area contributed by atoms with Crippen molar-refractivity contribution in [1.29, 1.82) is 0 Å². The lowest BCUT2D eigenvalue weighted by molar-refractivity contribution is -0.125. The number of rotatable bonds is 9. The molecule has 2 amide bonds. The molecule has 34 heavy (non-hydrogen) atoms. The molecule has 0 radical (unpaired) electrons. The first kappa shape index (κ1) is 23.4. The molecule has 176 valence electrons. The number of nitrogens with zero attached hydrogens (tertiary/aromatic N) is 1. The molecule has 1 unspecified atom stereocenters. The van der Waals surface area contributed by atoms with E-state index >= 15 is 0 Å². The minimum atomic E-state index is -0.538. The first-order chi connectivity index (χ1) is 16.5. The normalized spacial score (nSPS) is 14.8. The molecule has 0 bridgehead atoms. The summed E-state index contributed by atoms with van der Waals surface area (Å²) >= 11 is 0. The number of aryl methyl sites for hydroxylation is 1. The Balaban J connectivity index is 1.43. The van der Waals surface area contributed by atoms with Gasteiger partial charge in [-0.2, -0.15) is 0 Å². The largest absolute Gasteiger partial charge is 0.494 e. The lowest BCUT2D eigenvalue weighted by Crippen LogP contribution is -2.45. The first-order valence-corrected chi connectivity index (χ1v) is 11.7. The number of hydrogen-bond acceptors (Lipinski definition) is 4. The van der Waals surface area contributed by atoms with E-state index in [1.54, 1.807) is 17.9 Å². The second-order valence-corrected chi connectivity index (χ2v) is 8.32. The van der Waals surface area contributed by atoms with E-state index < -0.39 is 6.10 Å². The van der Waals surface area contributed by atoms with E-state index in [1.165, 1.54) is 5.56 Å². The van der Waals surface area contributed by atoms with E-state index in [4.69, 9.17) is 9.47 Å². The molecule has 1 aliphatic heterocycles. The quantitative estimate of drug-likeness (QED) is 0.489. The predicted octanol–water partition coefficient (Wildman–Crippen LogP) is 5.01. The van der Waals surface area contributed by atoms with Crippen molar-refractivity contribution in [2.24, 2.45) is 0 Å². The summed E-state index contributed by atoms with van der Waals surface area (Å²) in [6.45, 7) is 4.88. The molecule has 3 aromatic rings. The number of ether oxygens (including phenoxy) is 2. The van der Waals surface area contributed by atoms with Crippen LogP contribution in [0.15, 0.2) is 72.8 Å². The van der Waals surface area contributed by atoms with Crippen LogP contribution in [0.1, 0.15) is 31.4 Å². The van der Waals surface area contributed by atoms with Gasteiger partial charge in [-0.3, -0.25) is 9.59 Å². The van der Waals surface area contributed by atoms with Crippen molar-refractivity contribution < 1.29 is 19.1 Å². The van der Waals surface area contributed by atoms with Crippen LogP contribution in [0.2, 0.25) is 0 Å². The number of carbonyl (C=O) groups is 2. The highest BCUT2D eigenvalue weighted by Gasteiger charge is 2.31. The molecule has 1 N–H and O–H groups in total. The van der Waals surface area contributed by atoms with Gasteiger partial charge in [0.2, 0.25) is 5.91 Å². The monoisotopic (exact) mass is 458 g/mol. The van der Waals surface area contributed by atoms with E-state index in [-0.39, 0.29) is 18.2 Å². The second kappa shape index (κ2) is 10.9. The third kappa shape index (κ3) is 5.76. The molecule has 1 atom stereocenters. The topological polar surface area (TPSA) is 67.9 Å². The highest BCUT2D eigenvalue weighted by molar-refractivity contribution is 6.01. The van der Waals surface area contributed by atoms with Crippen LogP contribution in [-0.2, 0) is 22.4 Å². The average molecular weight is 459 g/mol. The maximum atomic E-state index is 12.9. The third-order valence-electron chi connectivity index (χ3n) is 5.74. The van der Waals surface area contributed by atoms with Gasteiger partial charge in [0.15, 0.2) is 6.10 Å². The Labute approximate surface area is 200 Å². The van der Waals surface area contributed by atoms with Crippen LogP contribution >= 0.6 is 0 Å². The summed E-state index contributed by atoms with van der Waals surface area (Å²) in [5, 5.41) is 2.95. The molecule has 0 saturated carbocycles. The number of carbonyl (C=O) groups excluding carboxylic acids is 2. The minimum Gasteiger partial charge on any atom is -0.494 e. The summed E-state index contributed by atoms with van der Waals surface area (Å²) < 4.78 is 11.3. The number of anilines is 2. The van der Waals surface area contributed by atoms with E-state index in [0.29, 0.717) is 30.3 Å². The van der Waals surface area contributed by atoms with Gasteiger partial charge in [-0.05, 0) is 68.1 Å². The molecule has 1 aliphatic rings. The van der Waals surface area contributed by atoms with Gasteiger partial charge in [-0.1, -0.05) is 42.5 Å². The smallest absolute Gasteiger partial charge is 0.267 e. The highest BCUT2D eigenvalue weighted by atomic mass is 16.5. The minimum absolute atomic E-state index is 0.0709. The van der Waals surface area contributed by atoms with E-state index in [1.807, 2.05) is 61.5 Å². The van der Waals surface area contributed by atoms with E-state index in [0.717, 1.165) is 24.2 Å². The maximum absolute atomic E-state index is 12.9. The zero-order valence-corrected chi connectivity index (χ0v) is 19.6. The fourth-order valence-electron chi connectivity index (χ4n) is 4.06. The molecule has 0 aliphatic carbocycles. The summed E-state index contributed by atoms with van der Waals surface area (Å²) in [5.74, 6) is 1.23. The van der Waals surface area contributed by atoms with Gasteiger partial charge >= 0.3 is 0 Å². The van der Waals surface area contributed by atoms with Gasteiger partial charge in [-0.15, -0.1) is 0 Å². The van der Waals surface area contributed by atoms with Crippen molar-refractivity contribution in [2.75, 3.05) is 23.4 Å². The summed E-state index contributed by atoms with van der Waals surface area (Å²) in [5.41, 5.74) is 3.46. The molecule has 6 nitrogen and oxygen atoms in total. The second-order valence-electron chi connectivity index (χ2n) is 8.32. The summed E-state index contributed by atoms with van der Waals surface area (Å²) in [6.07, 6.45) is 1.42. The van der Waals surface area contributed by atoms with Crippen molar-refractivity contribution in [3.8, 4) is 11.5 Å². The summed E-state index contributed by atoms with van der Waals surface area (Å²) in [6, 6.07) is 23.2. The van der Waals surface area contributed by atoms with Crippen LogP contribution in [0.5, 0.6) is 11.5 Å². The Hall–Kier alpha value is -3.80. The third-order valence-corrected chi connectivity index (χ3v) is 5.74. The molecule has 0 spiro atoms. The molecular weight excluding hydrogens is 428 g/mol. The van der Waals surface area contributed by atoms with Crippen molar-refractivity contribution in [3.63, 3.8) is 0 Å². The number of fused-ring (bicyclic) bond motifs is 1. The molecule has 0 aromatic heterocycles. The van der Waals surface area contributed by atoms with Gasteiger partial charge in [-0.25, -0.2) is 0 Å². The SMILES string of the molecule is CCOc1ccc(CC(=O)Nc2ccc3c(c2)N(CCCc2ccccc2)C(=O)C(C)O3)cc1. The Kier molecular flexibility index (Phi) is 7.48. The number of nitrogens with one attached hydrogen (secondary N) is 1. The molecule has 0 fully saturated rings. The first-order valence-electron chi connectivity index (χ1n) is 11.7. The van der Waals surface area contributed by atoms with Crippen molar-refractivity contribution in [2.45, 2.75) is 39.2 Å². The molecule has 6 heteroatoms. The van der Waals surface area contributed by atoms with Crippen molar-refractivity contribution >= 4 is 23.2 Å². The highest BCUT2D eigenvalue weighted by Crippen LogP contribution is 2.36. The Morgan fingerprint density at radius 1 is 1.03 bits per heavy atom. The average Bonchev–Trinajstić information content (AvgIpc) is 2.84. The van der Waals surface area contributed by atoms with Crippen LogP contribution in [0.3, 0.4) is 0 Å². The molecule has 1 heterocycles. The number of benzene rings is 3. The van der Waals surface area contributed by atoms with E-state index in [9.17, 15) is 9.59 Å². The number of hydrogen-bond donors (Lipinski definition) is 1. The maximum Gasteiger partial charge on any atom is 0.267 e. The van der Waals surface area contributed by atoms with Gasteiger partial charge < -0.3 is 19.7 Å². The molecular formula is C28H30N2O4. The molecule has 3 aromatic carbocycles. The van der Waals surface area contributed by atoms with E-state index in [2.05, 4.69) is 17.4 Å². The van der Waals surface area contributed by atoms with Crippen molar-refractivity contribution in [1.82, 2.24) is 0 Å². The Morgan fingerprint density at radius 2 is 1.79 bits per heavy atom. The standard InChI is InChI=1S/C28H30N2O4/c1-3-33-24-14-11-22(12-15-24)18-27(31)29-23-13-16-26-25(19-23)30(28(32)20(2)34-26)17-7-10-21-8-5-4-6-9-21/h4-6,8-9,11-16,19-20H,3,7,10,17-18H2,1-2H3,(H,29,31). The Morgan fingerprint density at radius 3 is 2.53 bits per heavy atom. The zero-order valence-electron chi connectivity index (χ0n) is 19.6. The zero-order chi connectivity index (χ0) is 23.9. The van der Waals surface area contributed by atoms with Crippen LogP contribution in [0.4, 0.5) is 11.4 Å². The fraction of sp³-hybridized carbons (Fsp3) is 0.286. The Bertz CT molecular complexity index is 1130. The van der Waals surface area contributed by atoms with Gasteiger partial charge in [0.1, 0.15) is 11.5 Å². The number of amides is 2. The lowest BCUT2D eigenvalue weighted by Gasteiger charge is -2.33. The summed E-state index contributed by atoms with van der Waals surface area (Å²) in [7, 11) is 0. The van der Waals surface area contributed by atoms with Gasteiger partial charge in [0, 0.05) is 12.2 Å². The van der Waals surface area contributed by atoms with Crippen LogP contribution in [0.25, 0.3) is 0 Å².